The highest BCUT2D eigenvalue weighted by atomic mass is 16.5. The van der Waals surface area contributed by atoms with Crippen molar-refractivity contribution in [2.75, 3.05) is 31.2 Å². The Labute approximate surface area is 102 Å². The molecule has 1 heterocycles. The van der Waals surface area contributed by atoms with Gasteiger partial charge in [-0.2, -0.15) is 0 Å². The molecule has 0 unspecified atom stereocenters. The van der Waals surface area contributed by atoms with Crippen LogP contribution in [0.4, 0.5) is 5.69 Å². The molecule has 0 aromatic heterocycles. The molecule has 0 aliphatic carbocycles. The van der Waals surface area contributed by atoms with Crippen LogP contribution in [-0.2, 0) is 16.0 Å². The van der Waals surface area contributed by atoms with E-state index >= 15 is 0 Å². The van der Waals surface area contributed by atoms with Gasteiger partial charge in [-0.3, -0.25) is 4.79 Å². The summed E-state index contributed by atoms with van der Waals surface area (Å²) in [7, 11) is 0. The molecule has 0 saturated carbocycles. The van der Waals surface area contributed by atoms with Gasteiger partial charge in [0, 0.05) is 25.2 Å². The molecule has 0 N–H and O–H groups in total. The smallest absolute Gasteiger partial charge is 0.134 e. The number of benzene rings is 1. The summed E-state index contributed by atoms with van der Waals surface area (Å²) in [5.74, 6) is 0.211. The Morgan fingerprint density at radius 3 is 2.71 bits per heavy atom. The number of Topliss-reactive ketones (excluding diaryl/α,β-unsaturated/α-hetero) is 1. The highest BCUT2D eigenvalue weighted by Crippen LogP contribution is 2.24. The lowest BCUT2D eigenvalue weighted by molar-refractivity contribution is -0.116. The summed E-state index contributed by atoms with van der Waals surface area (Å²) in [4.78, 5) is 13.6. The van der Waals surface area contributed by atoms with E-state index in [9.17, 15) is 4.79 Å². The van der Waals surface area contributed by atoms with Crippen LogP contribution in [0, 0.1) is 6.92 Å². The topological polar surface area (TPSA) is 29.5 Å². The minimum atomic E-state index is 0.211. The fraction of sp³-hybridized carbons (Fsp3) is 0.500. The summed E-state index contributed by atoms with van der Waals surface area (Å²) >= 11 is 0. The second-order valence-electron chi connectivity index (χ2n) is 4.61. The third-order valence-electron chi connectivity index (χ3n) is 3.03. The van der Waals surface area contributed by atoms with Crippen LogP contribution >= 0.6 is 0 Å². The maximum Gasteiger partial charge on any atom is 0.134 e. The molecule has 2 rings (SSSR count). The Morgan fingerprint density at radius 1 is 1.35 bits per heavy atom. The number of rotatable bonds is 3. The Kier molecular flexibility index (Phi) is 3.79. The lowest BCUT2D eigenvalue weighted by Crippen LogP contribution is -2.36. The van der Waals surface area contributed by atoms with Crippen molar-refractivity contribution in [3.05, 3.63) is 29.3 Å². The minimum Gasteiger partial charge on any atom is -0.378 e. The molecule has 1 aromatic rings. The van der Waals surface area contributed by atoms with Crippen molar-refractivity contribution in [3.63, 3.8) is 0 Å². The second kappa shape index (κ2) is 5.32. The van der Waals surface area contributed by atoms with Crippen LogP contribution in [0.25, 0.3) is 0 Å². The third kappa shape index (κ3) is 3.07. The molecule has 0 amide bonds. The number of hydrogen-bond donors (Lipinski definition) is 0. The lowest BCUT2D eigenvalue weighted by atomic mass is 10.0. The quantitative estimate of drug-likeness (QED) is 0.799. The van der Waals surface area contributed by atoms with Crippen molar-refractivity contribution in [2.24, 2.45) is 0 Å². The van der Waals surface area contributed by atoms with Crippen molar-refractivity contribution < 1.29 is 9.53 Å². The van der Waals surface area contributed by atoms with Gasteiger partial charge in [0.05, 0.1) is 13.2 Å². The third-order valence-corrected chi connectivity index (χ3v) is 3.03. The molecule has 0 bridgehead atoms. The average molecular weight is 233 g/mol. The van der Waals surface area contributed by atoms with Crippen molar-refractivity contribution in [1.82, 2.24) is 0 Å². The molecule has 1 fully saturated rings. The summed E-state index contributed by atoms with van der Waals surface area (Å²) in [5, 5.41) is 0. The summed E-state index contributed by atoms with van der Waals surface area (Å²) in [5.41, 5.74) is 3.56. The van der Waals surface area contributed by atoms with E-state index in [4.69, 9.17) is 4.74 Å². The van der Waals surface area contributed by atoms with Gasteiger partial charge in [0.15, 0.2) is 0 Å². The van der Waals surface area contributed by atoms with Gasteiger partial charge in [0.2, 0.25) is 0 Å². The van der Waals surface area contributed by atoms with Gasteiger partial charge < -0.3 is 9.64 Å². The lowest BCUT2D eigenvalue weighted by Gasteiger charge is -2.30. The van der Waals surface area contributed by atoms with Crippen LogP contribution in [-0.4, -0.2) is 32.1 Å². The van der Waals surface area contributed by atoms with Crippen LogP contribution in [0.15, 0.2) is 18.2 Å². The van der Waals surface area contributed by atoms with Crippen LogP contribution in [0.1, 0.15) is 18.1 Å². The average Bonchev–Trinajstić information content (AvgIpc) is 2.32. The molecule has 1 saturated heterocycles. The van der Waals surface area contributed by atoms with Crippen molar-refractivity contribution in [1.29, 1.82) is 0 Å². The SMILES string of the molecule is CC(=O)Cc1ccc(C)cc1N1CCOCC1. The van der Waals surface area contributed by atoms with E-state index in [-0.39, 0.29) is 5.78 Å². The fourth-order valence-corrected chi connectivity index (χ4v) is 2.19. The molecule has 17 heavy (non-hydrogen) atoms. The molecule has 0 spiro atoms. The van der Waals surface area contributed by atoms with E-state index < -0.39 is 0 Å². The van der Waals surface area contributed by atoms with Crippen molar-refractivity contribution >= 4 is 11.5 Å². The Hall–Kier alpha value is -1.35. The summed E-state index contributed by atoms with van der Waals surface area (Å²) < 4.78 is 5.36. The van der Waals surface area contributed by atoms with Crippen molar-refractivity contribution in [2.45, 2.75) is 20.3 Å². The summed E-state index contributed by atoms with van der Waals surface area (Å²) in [6, 6.07) is 6.31. The molecule has 1 aliphatic rings. The molecule has 3 nitrogen and oxygen atoms in total. The largest absolute Gasteiger partial charge is 0.378 e. The standard InChI is InChI=1S/C14H19NO2/c1-11-3-4-13(10-12(2)16)14(9-11)15-5-7-17-8-6-15/h3-4,9H,5-8,10H2,1-2H3. The van der Waals surface area contributed by atoms with Gasteiger partial charge in [-0.25, -0.2) is 0 Å². The summed E-state index contributed by atoms with van der Waals surface area (Å²) in [6.07, 6.45) is 0.521. The highest BCUT2D eigenvalue weighted by Gasteiger charge is 2.15. The van der Waals surface area contributed by atoms with E-state index in [1.165, 1.54) is 11.3 Å². The first-order valence-corrected chi connectivity index (χ1v) is 6.08. The van der Waals surface area contributed by atoms with Gasteiger partial charge in [-0.1, -0.05) is 12.1 Å². The van der Waals surface area contributed by atoms with Crippen LogP contribution in [0.3, 0.4) is 0 Å². The van der Waals surface area contributed by atoms with E-state index in [2.05, 4.69) is 30.0 Å². The number of carbonyl (C=O) groups excluding carboxylic acids is 1. The monoisotopic (exact) mass is 233 g/mol. The maximum atomic E-state index is 11.3. The first-order valence-electron chi connectivity index (χ1n) is 6.08. The molecule has 3 heteroatoms. The van der Waals surface area contributed by atoms with E-state index in [1.807, 2.05) is 0 Å². The number of ether oxygens (including phenoxy) is 1. The Morgan fingerprint density at radius 2 is 2.06 bits per heavy atom. The van der Waals surface area contributed by atoms with Crippen LogP contribution < -0.4 is 4.90 Å². The zero-order valence-electron chi connectivity index (χ0n) is 10.5. The number of nitrogens with zero attached hydrogens (tertiary/aromatic N) is 1. The van der Waals surface area contributed by atoms with Crippen LogP contribution in [0.2, 0.25) is 0 Å². The van der Waals surface area contributed by atoms with Crippen molar-refractivity contribution in [3.8, 4) is 0 Å². The number of aryl methyl sites for hydroxylation is 1. The number of morpholine rings is 1. The molecule has 92 valence electrons. The fourth-order valence-electron chi connectivity index (χ4n) is 2.19. The molecular weight excluding hydrogens is 214 g/mol. The molecule has 1 aliphatic heterocycles. The Bertz CT molecular complexity index is 409. The van der Waals surface area contributed by atoms with Gasteiger partial charge in [-0.15, -0.1) is 0 Å². The minimum absolute atomic E-state index is 0.211. The van der Waals surface area contributed by atoms with Crippen LogP contribution in [0.5, 0.6) is 0 Å². The molecule has 0 atom stereocenters. The van der Waals surface area contributed by atoms with E-state index in [0.29, 0.717) is 6.42 Å². The van der Waals surface area contributed by atoms with Gasteiger partial charge in [-0.05, 0) is 31.0 Å². The summed E-state index contributed by atoms with van der Waals surface area (Å²) in [6.45, 7) is 7.09. The number of carbonyl (C=O) groups is 1. The van der Waals surface area contributed by atoms with Gasteiger partial charge >= 0.3 is 0 Å². The molecule has 0 radical (unpaired) electrons. The normalized spacial score (nSPS) is 16.0. The zero-order chi connectivity index (χ0) is 12.3. The second-order valence-corrected chi connectivity index (χ2v) is 4.61. The molecular formula is C14H19NO2. The maximum absolute atomic E-state index is 11.3. The highest BCUT2D eigenvalue weighted by molar-refractivity contribution is 5.80. The number of hydrogen-bond acceptors (Lipinski definition) is 3. The van der Waals surface area contributed by atoms with Gasteiger partial charge in [0.1, 0.15) is 5.78 Å². The first-order chi connectivity index (χ1) is 8.16. The van der Waals surface area contributed by atoms with E-state index in [0.717, 1.165) is 31.9 Å². The predicted molar refractivity (Wildman–Crippen MR) is 68.6 cm³/mol. The Balaban J connectivity index is 2.28. The number of ketones is 1. The zero-order valence-corrected chi connectivity index (χ0v) is 10.5. The predicted octanol–water partition coefficient (Wildman–Crippen LogP) is 1.96. The number of anilines is 1. The van der Waals surface area contributed by atoms with Gasteiger partial charge in [0.25, 0.3) is 0 Å². The molecule has 1 aromatic carbocycles. The first kappa shape index (κ1) is 12.1. The van der Waals surface area contributed by atoms with E-state index in [1.54, 1.807) is 6.92 Å².